The summed E-state index contributed by atoms with van der Waals surface area (Å²) in [5, 5.41) is 0. The van der Waals surface area contributed by atoms with Gasteiger partial charge in [-0.15, -0.1) is 24.8 Å². The number of halogens is 2. The first-order chi connectivity index (χ1) is 14.9. The summed E-state index contributed by atoms with van der Waals surface area (Å²) in [6, 6.07) is 18.8. The number of hydrogen-bond donors (Lipinski definition) is 0. The molecular weight excluding hydrogens is 501 g/mol. The van der Waals surface area contributed by atoms with Crippen molar-refractivity contribution in [1.29, 1.82) is 0 Å². The molecule has 0 bridgehead atoms. The molecule has 1 aromatic heterocycles. The third-order valence-electron chi connectivity index (χ3n) is 5.46. The fourth-order valence-electron chi connectivity index (χ4n) is 3.34. The van der Waals surface area contributed by atoms with Crippen LogP contribution in [0.2, 0.25) is 0 Å². The van der Waals surface area contributed by atoms with Gasteiger partial charge in [-0.1, -0.05) is 0 Å². The van der Waals surface area contributed by atoms with Crippen molar-refractivity contribution >= 4 is 29.1 Å². The molecule has 0 fully saturated rings. The molecule has 0 amide bonds. The van der Waals surface area contributed by atoms with E-state index in [-0.39, 0.29) is 35.6 Å². The predicted molar refractivity (Wildman–Crippen MR) is 145 cm³/mol. The molecule has 2 aromatic carbocycles. The van der Waals surface area contributed by atoms with Crippen LogP contribution in [-0.2, 0) is 29.0 Å². The van der Waals surface area contributed by atoms with Gasteiger partial charge in [0.25, 0.3) is 0 Å². The number of aryl methyl sites for hydroxylation is 2. The van der Waals surface area contributed by atoms with Gasteiger partial charge in [0.2, 0.25) is 0 Å². The van der Waals surface area contributed by atoms with Crippen LogP contribution in [-0.4, -0.2) is 9.30 Å². The molecule has 34 heavy (non-hydrogen) atoms. The summed E-state index contributed by atoms with van der Waals surface area (Å²) < 4.78 is 15.1. The van der Waals surface area contributed by atoms with Crippen LogP contribution in [0.15, 0.2) is 60.8 Å². The molecule has 3 aromatic rings. The zero-order valence-electron chi connectivity index (χ0n) is 21.4. The maximum absolute atomic E-state index is 6.52. The van der Waals surface area contributed by atoms with Crippen LogP contribution in [0.5, 0.6) is 11.5 Å². The second-order valence-corrected chi connectivity index (χ2v) is 12.5. The molecule has 0 atom stereocenters. The van der Waals surface area contributed by atoms with E-state index in [4.69, 9.17) is 6.64 Å². The van der Waals surface area contributed by atoms with E-state index in [9.17, 15) is 0 Å². The van der Waals surface area contributed by atoms with Crippen molar-refractivity contribution in [2.45, 2.75) is 66.2 Å². The van der Waals surface area contributed by atoms with E-state index in [1.807, 2.05) is 18.2 Å². The Bertz CT molecular complexity index is 1050. The summed E-state index contributed by atoms with van der Waals surface area (Å²) in [6.07, 6.45) is 1.80. The molecule has 0 aliphatic heterocycles. The number of rotatable bonds is 5. The van der Waals surface area contributed by atoms with Crippen LogP contribution >= 0.6 is 24.8 Å². The summed E-state index contributed by atoms with van der Waals surface area (Å²) in [6.45, 7) is 17.6. The summed E-state index contributed by atoms with van der Waals surface area (Å²) in [7, 11) is 0. The third-order valence-corrected chi connectivity index (χ3v) is 7.60. The van der Waals surface area contributed by atoms with E-state index >= 15 is 0 Å². The van der Waals surface area contributed by atoms with Gasteiger partial charge < -0.3 is 0 Å². The molecule has 0 N–H and O–H groups in total. The molecule has 0 radical (unpaired) electrons. The van der Waals surface area contributed by atoms with Crippen LogP contribution < -0.4 is 6.64 Å². The van der Waals surface area contributed by atoms with Crippen molar-refractivity contribution in [2.24, 2.45) is 0 Å². The van der Waals surface area contributed by atoms with Gasteiger partial charge in [-0.25, -0.2) is 0 Å². The number of benzene rings is 2. The van der Waals surface area contributed by atoms with Gasteiger partial charge in [-0.05, 0) is 0 Å². The maximum atomic E-state index is 6.52. The van der Waals surface area contributed by atoms with Crippen molar-refractivity contribution in [3.05, 3.63) is 88.7 Å². The molecule has 0 spiro atoms. The maximum Gasteiger partial charge on any atom is -0.147 e. The topological polar surface area (TPSA) is 31.4 Å². The first-order valence-corrected chi connectivity index (χ1v) is 13.3. The van der Waals surface area contributed by atoms with Crippen LogP contribution in [0.25, 0.3) is 0 Å². The van der Waals surface area contributed by atoms with E-state index in [0.29, 0.717) is 0 Å². The van der Waals surface area contributed by atoms with E-state index in [2.05, 4.69) is 101 Å². The molecule has 0 unspecified atom stereocenters. The van der Waals surface area contributed by atoms with E-state index in [0.717, 1.165) is 28.3 Å². The Hall–Kier alpha value is -1.65. The number of nitrogens with zero attached hydrogens (tertiary/aromatic N) is 1. The second kappa shape index (κ2) is 12.4. The number of hydrogen-bond acceptors (Lipinski definition) is 3. The van der Waals surface area contributed by atoms with Crippen molar-refractivity contribution in [2.75, 3.05) is 0 Å². The van der Waals surface area contributed by atoms with Gasteiger partial charge in [0.1, 0.15) is 0 Å². The molecule has 0 aliphatic rings. The van der Waals surface area contributed by atoms with E-state index < -0.39 is 18.2 Å². The molecule has 184 valence electrons. The Kier molecular flexibility index (Phi) is 11.0. The van der Waals surface area contributed by atoms with Gasteiger partial charge in [0.05, 0.1) is 0 Å². The van der Waals surface area contributed by atoms with Gasteiger partial charge in [-0.2, -0.15) is 0 Å². The van der Waals surface area contributed by atoms with Gasteiger partial charge in [-0.3, -0.25) is 0 Å². The van der Waals surface area contributed by atoms with Crippen LogP contribution in [0, 0.1) is 13.8 Å². The summed E-state index contributed by atoms with van der Waals surface area (Å²) in [4.78, 5) is 4.47. The standard InChI is InChI=1S/2C11H16O.C6H5N.2ClH.Ti/c2*1-8-7-9(11(2,3)4)5-6-10(8)12;1-6-4-2-3-5-7-6;;;/h2*5-7,12H,1-4H3;1-5H;2*1H;/q;;;;;+2/p-2. The normalized spacial score (nSPS) is 11.1. The molecule has 3 nitrogen and oxygen atoms in total. The molecule has 3 rings (SSSR count). The zero-order chi connectivity index (χ0) is 23.5. The SMILES string of the molecule is Cc1cc(C(C)(C)C)ccc1[O][Ti](=[CH]c1ccccn1)[O]c1ccc(C(C)(C)C)cc1C.Cl.Cl. The Labute approximate surface area is 224 Å². The summed E-state index contributed by atoms with van der Waals surface area (Å²) >= 11 is -2.61. The average Bonchev–Trinajstić information content (AvgIpc) is 2.70. The predicted octanol–water partition coefficient (Wildman–Crippen LogP) is 7.89. The summed E-state index contributed by atoms with van der Waals surface area (Å²) in [5.41, 5.74) is 5.94. The van der Waals surface area contributed by atoms with Gasteiger partial charge in [0, 0.05) is 0 Å². The van der Waals surface area contributed by atoms with E-state index in [1.54, 1.807) is 6.20 Å². The molecule has 0 saturated carbocycles. The largest absolute Gasteiger partial charge is 0.147 e. The Morgan fingerprint density at radius 1 is 0.706 bits per heavy atom. The molecular formula is C28H37Cl2NO2Ti. The van der Waals surface area contributed by atoms with Gasteiger partial charge >= 0.3 is 201 Å². The smallest absolute Gasteiger partial charge is 0.147 e. The minimum absolute atomic E-state index is 0. The second-order valence-electron chi connectivity index (χ2n) is 10.4. The minimum Gasteiger partial charge on any atom is -0.147 e. The monoisotopic (exact) mass is 537 g/mol. The molecule has 1 heterocycles. The quantitative estimate of drug-likeness (QED) is 0.310. The third kappa shape index (κ3) is 8.24. The summed E-state index contributed by atoms with van der Waals surface area (Å²) in [5.74, 6) is 1.76. The van der Waals surface area contributed by atoms with Crippen molar-refractivity contribution < 1.29 is 24.8 Å². The average molecular weight is 538 g/mol. The number of aromatic nitrogens is 1. The Balaban J connectivity index is 0.00000289. The van der Waals surface area contributed by atoms with Crippen molar-refractivity contribution in [3.8, 4) is 11.5 Å². The van der Waals surface area contributed by atoms with Crippen LogP contribution in [0.3, 0.4) is 0 Å². The van der Waals surface area contributed by atoms with Crippen molar-refractivity contribution in [3.63, 3.8) is 0 Å². The molecule has 6 heteroatoms. The minimum atomic E-state index is -2.61. The zero-order valence-corrected chi connectivity index (χ0v) is 24.6. The van der Waals surface area contributed by atoms with Gasteiger partial charge in [0.15, 0.2) is 0 Å². The van der Waals surface area contributed by atoms with E-state index in [1.165, 1.54) is 11.1 Å². The van der Waals surface area contributed by atoms with Crippen LogP contribution in [0.4, 0.5) is 0 Å². The Morgan fingerprint density at radius 3 is 1.53 bits per heavy atom. The Morgan fingerprint density at radius 2 is 1.18 bits per heavy atom. The van der Waals surface area contributed by atoms with Crippen molar-refractivity contribution in [1.82, 2.24) is 4.98 Å². The molecule has 0 saturated heterocycles. The fourth-order valence-corrected chi connectivity index (χ4v) is 5.62. The fraction of sp³-hybridized carbons (Fsp3) is 0.357. The van der Waals surface area contributed by atoms with Crippen LogP contribution in [0.1, 0.15) is 69.5 Å². The molecule has 0 aliphatic carbocycles. The number of pyridine rings is 1. The first kappa shape index (κ1) is 30.4. The first-order valence-electron chi connectivity index (χ1n) is 11.1.